The molecule has 0 heterocycles. The highest BCUT2D eigenvalue weighted by Crippen LogP contribution is 2.13. The second kappa shape index (κ2) is 7.74. The second-order valence-corrected chi connectivity index (χ2v) is 7.99. The summed E-state index contributed by atoms with van der Waals surface area (Å²) in [6.45, 7) is 9.49. The van der Waals surface area contributed by atoms with Crippen molar-refractivity contribution < 1.29 is 13.2 Å². The van der Waals surface area contributed by atoms with Crippen LogP contribution >= 0.6 is 0 Å². The molecule has 5 nitrogen and oxygen atoms in total. The molecule has 1 aromatic carbocycles. The van der Waals surface area contributed by atoms with Crippen molar-refractivity contribution in [2.24, 2.45) is 5.92 Å². The summed E-state index contributed by atoms with van der Waals surface area (Å²) in [4.78, 5) is 12.4. The van der Waals surface area contributed by atoms with E-state index in [1.54, 1.807) is 24.3 Å². The number of hydrogen-bond donors (Lipinski definition) is 2. The van der Waals surface area contributed by atoms with Crippen LogP contribution in [0.4, 0.5) is 0 Å². The zero-order valence-electron chi connectivity index (χ0n) is 13.9. The fourth-order valence-corrected chi connectivity index (χ4v) is 3.25. The van der Waals surface area contributed by atoms with Gasteiger partial charge in [-0.2, -0.15) is 4.72 Å². The first-order valence-corrected chi connectivity index (χ1v) is 8.99. The minimum atomic E-state index is -3.71. The summed E-state index contributed by atoms with van der Waals surface area (Å²) in [6.07, 6.45) is 0.448. The van der Waals surface area contributed by atoms with E-state index < -0.39 is 16.1 Å². The Morgan fingerprint density at radius 1 is 1.09 bits per heavy atom. The van der Waals surface area contributed by atoms with E-state index in [2.05, 4.69) is 10.0 Å². The highest BCUT2D eigenvalue weighted by Gasteiger charge is 2.26. The summed E-state index contributed by atoms with van der Waals surface area (Å²) in [5.74, 6) is -0.0944. The highest BCUT2D eigenvalue weighted by atomic mass is 32.2. The fourth-order valence-electron chi connectivity index (χ4n) is 2.04. The van der Waals surface area contributed by atoms with Gasteiger partial charge in [0, 0.05) is 6.04 Å². The molecule has 1 unspecified atom stereocenters. The van der Waals surface area contributed by atoms with Crippen LogP contribution in [0.15, 0.2) is 29.2 Å². The molecule has 2 N–H and O–H groups in total. The summed E-state index contributed by atoms with van der Waals surface area (Å²) in [6, 6.07) is 5.76. The third kappa shape index (κ3) is 5.77. The first-order valence-electron chi connectivity index (χ1n) is 7.51. The number of nitrogens with one attached hydrogen (secondary N) is 2. The van der Waals surface area contributed by atoms with Gasteiger partial charge in [-0.3, -0.25) is 4.79 Å². The van der Waals surface area contributed by atoms with Gasteiger partial charge >= 0.3 is 0 Å². The number of hydrogen-bond acceptors (Lipinski definition) is 3. The lowest BCUT2D eigenvalue weighted by atomic mass is 10.0. The molecule has 1 rings (SSSR count). The molecule has 22 heavy (non-hydrogen) atoms. The Morgan fingerprint density at radius 2 is 1.64 bits per heavy atom. The second-order valence-electron chi connectivity index (χ2n) is 6.28. The Morgan fingerprint density at radius 3 is 2.09 bits per heavy atom. The van der Waals surface area contributed by atoms with Crippen LogP contribution in [0, 0.1) is 12.8 Å². The monoisotopic (exact) mass is 326 g/mol. The van der Waals surface area contributed by atoms with Crippen molar-refractivity contribution in [3.05, 3.63) is 29.8 Å². The first kappa shape index (κ1) is 18.6. The van der Waals surface area contributed by atoms with Crippen LogP contribution in [0.5, 0.6) is 0 Å². The first-order chi connectivity index (χ1) is 10.1. The highest BCUT2D eigenvalue weighted by molar-refractivity contribution is 7.89. The molecule has 0 radical (unpaired) electrons. The average molecular weight is 326 g/mol. The van der Waals surface area contributed by atoms with E-state index in [1.165, 1.54) is 0 Å². The molecule has 0 saturated carbocycles. The van der Waals surface area contributed by atoms with Gasteiger partial charge in [0.15, 0.2) is 0 Å². The zero-order chi connectivity index (χ0) is 16.9. The van der Waals surface area contributed by atoms with Gasteiger partial charge in [-0.15, -0.1) is 0 Å². The minimum Gasteiger partial charge on any atom is -0.353 e. The molecule has 0 aliphatic rings. The van der Waals surface area contributed by atoms with Crippen LogP contribution < -0.4 is 10.0 Å². The predicted octanol–water partition coefficient (Wildman–Crippen LogP) is 2.21. The lowest BCUT2D eigenvalue weighted by Gasteiger charge is -2.21. The molecule has 1 amide bonds. The molecule has 1 aromatic rings. The maximum atomic E-state index is 12.4. The zero-order valence-corrected chi connectivity index (χ0v) is 14.7. The Balaban J connectivity index is 2.96. The Hall–Kier alpha value is -1.40. The van der Waals surface area contributed by atoms with E-state index in [9.17, 15) is 13.2 Å². The fraction of sp³-hybridized carbons (Fsp3) is 0.562. The number of benzene rings is 1. The number of aryl methyl sites for hydroxylation is 1. The van der Waals surface area contributed by atoms with Gasteiger partial charge in [-0.1, -0.05) is 31.5 Å². The molecule has 1 atom stereocenters. The van der Waals surface area contributed by atoms with Crippen LogP contribution in [0.2, 0.25) is 0 Å². The van der Waals surface area contributed by atoms with Crippen molar-refractivity contribution in [3.8, 4) is 0 Å². The van der Waals surface area contributed by atoms with Crippen LogP contribution in [0.3, 0.4) is 0 Å². The summed E-state index contributed by atoms with van der Waals surface area (Å²) in [5, 5.41) is 2.77. The van der Waals surface area contributed by atoms with E-state index >= 15 is 0 Å². The van der Waals surface area contributed by atoms with Crippen LogP contribution in [-0.2, 0) is 14.8 Å². The molecule has 6 heteroatoms. The van der Waals surface area contributed by atoms with Gasteiger partial charge in [0.25, 0.3) is 0 Å². The normalized spacial score (nSPS) is 13.4. The van der Waals surface area contributed by atoms with Gasteiger partial charge in [-0.05, 0) is 45.2 Å². The van der Waals surface area contributed by atoms with Crippen molar-refractivity contribution in [2.75, 3.05) is 0 Å². The number of rotatable bonds is 7. The average Bonchev–Trinajstić information content (AvgIpc) is 2.36. The van der Waals surface area contributed by atoms with E-state index in [-0.39, 0.29) is 22.8 Å². The van der Waals surface area contributed by atoms with E-state index in [4.69, 9.17) is 0 Å². The maximum Gasteiger partial charge on any atom is 0.241 e. The van der Waals surface area contributed by atoms with Crippen LogP contribution in [0.25, 0.3) is 0 Å². The molecular weight excluding hydrogens is 300 g/mol. The van der Waals surface area contributed by atoms with Gasteiger partial charge < -0.3 is 5.32 Å². The molecule has 0 spiro atoms. The molecule has 0 fully saturated rings. The topological polar surface area (TPSA) is 75.3 Å². The number of carbonyl (C=O) groups is 1. The smallest absolute Gasteiger partial charge is 0.241 e. The van der Waals surface area contributed by atoms with Crippen molar-refractivity contribution in [3.63, 3.8) is 0 Å². The standard InChI is InChI=1S/C16H26N2O3S/c1-11(2)10-15(16(19)17-12(3)4)18-22(20,21)14-8-6-13(5)7-9-14/h6-9,11-12,15,18H,10H2,1-5H3,(H,17,19). The quantitative estimate of drug-likeness (QED) is 0.806. The Kier molecular flexibility index (Phi) is 6.56. The summed E-state index contributed by atoms with van der Waals surface area (Å²) < 4.78 is 27.4. The van der Waals surface area contributed by atoms with E-state index in [0.29, 0.717) is 6.42 Å². The number of carbonyl (C=O) groups excluding carboxylic acids is 1. The Bertz CT molecular complexity index is 592. The third-order valence-electron chi connectivity index (χ3n) is 3.08. The molecule has 0 aliphatic heterocycles. The molecule has 0 bridgehead atoms. The van der Waals surface area contributed by atoms with Crippen LogP contribution in [0.1, 0.15) is 39.7 Å². The van der Waals surface area contributed by atoms with E-state index in [1.807, 2.05) is 34.6 Å². The molecule has 124 valence electrons. The van der Waals surface area contributed by atoms with Crippen molar-refractivity contribution >= 4 is 15.9 Å². The third-order valence-corrected chi connectivity index (χ3v) is 4.57. The lowest BCUT2D eigenvalue weighted by molar-refractivity contribution is -0.123. The van der Waals surface area contributed by atoms with Crippen molar-refractivity contribution in [2.45, 2.75) is 58.0 Å². The summed E-state index contributed by atoms with van der Waals surface area (Å²) in [5.41, 5.74) is 0.982. The number of amides is 1. The van der Waals surface area contributed by atoms with E-state index in [0.717, 1.165) is 5.56 Å². The van der Waals surface area contributed by atoms with Gasteiger partial charge in [0.05, 0.1) is 4.90 Å². The maximum absolute atomic E-state index is 12.4. The van der Waals surface area contributed by atoms with Crippen LogP contribution in [-0.4, -0.2) is 26.4 Å². The van der Waals surface area contributed by atoms with Crippen molar-refractivity contribution in [1.29, 1.82) is 0 Å². The molecule has 0 aromatic heterocycles. The molecular formula is C16H26N2O3S. The van der Waals surface area contributed by atoms with Gasteiger partial charge in [0.2, 0.25) is 15.9 Å². The summed E-state index contributed by atoms with van der Waals surface area (Å²) in [7, 11) is -3.71. The predicted molar refractivity (Wildman–Crippen MR) is 88.0 cm³/mol. The molecule has 0 aliphatic carbocycles. The largest absolute Gasteiger partial charge is 0.353 e. The molecule has 0 saturated heterocycles. The van der Waals surface area contributed by atoms with Gasteiger partial charge in [0.1, 0.15) is 6.04 Å². The minimum absolute atomic E-state index is 0.0361. The van der Waals surface area contributed by atoms with Crippen molar-refractivity contribution in [1.82, 2.24) is 10.0 Å². The SMILES string of the molecule is Cc1ccc(S(=O)(=O)NC(CC(C)C)C(=O)NC(C)C)cc1. The Labute approximate surface area is 133 Å². The van der Waals surface area contributed by atoms with Gasteiger partial charge in [-0.25, -0.2) is 8.42 Å². The number of sulfonamides is 1. The lowest BCUT2D eigenvalue weighted by Crippen LogP contribution is -2.49. The summed E-state index contributed by atoms with van der Waals surface area (Å²) >= 11 is 0.